The second kappa shape index (κ2) is 5.52. The molecule has 1 aliphatic rings. The Labute approximate surface area is 113 Å². The van der Waals surface area contributed by atoms with Gasteiger partial charge in [0.2, 0.25) is 5.95 Å². The van der Waals surface area contributed by atoms with E-state index < -0.39 is 0 Å². The van der Waals surface area contributed by atoms with Crippen LogP contribution in [0.15, 0.2) is 0 Å². The highest BCUT2D eigenvalue weighted by Crippen LogP contribution is 2.20. The van der Waals surface area contributed by atoms with Gasteiger partial charge in [0.15, 0.2) is 0 Å². The molecule has 1 atom stereocenters. The summed E-state index contributed by atoms with van der Waals surface area (Å²) in [4.78, 5) is 22.2. The molecule has 0 radical (unpaired) electrons. The summed E-state index contributed by atoms with van der Waals surface area (Å²) in [5.41, 5.74) is 2.99. The lowest BCUT2D eigenvalue weighted by molar-refractivity contribution is 0.141. The Morgan fingerprint density at radius 2 is 2.00 bits per heavy atom. The van der Waals surface area contributed by atoms with Gasteiger partial charge in [0.1, 0.15) is 6.10 Å². The molecule has 1 aromatic heterocycles. The maximum atomic E-state index is 11.8. The number of likely N-dealkylation sites (N-methyl/N-ethyl adjacent to an activating group) is 1. The number of nitrogens with zero attached hydrogens (tertiary/aromatic N) is 3. The predicted molar refractivity (Wildman–Crippen MR) is 72.4 cm³/mol. The molecule has 2 heterocycles. The number of amides is 1. The van der Waals surface area contributed by atoms with Gasteiger partial charge in [-0.25, -0.2) is 19.7 Å². The van der Waals surface area contributed by atoms with Crippen LogP contribution in [-0.2, 0) is 11.2 Å². The zero-order valence-corrected chi connectivity index (χ0v) is 11.9. The number of aromatic nitrogens is 2. The summed E-state index contributed by atoms with van der Waals surface area (Å²) in [5.74, 6) is 0.441. The van der Waals surface area contributed by atoms with E-state index >= 15 is 0 Å². The van der Waals surface area contributed by atoms with E-state index in [9.17, 15) is 4.79 Å². The van der Waals surface area contributed by atoms with Gasteiger partial charge in [0, 0.05) is 17.9 Å². The number of rotatable bonds is 4. The molecule has 1 fully saturated rings. The molecule has 2 rings (SSSR count). The van der Waals surface area contributed by atoms with Gasteiger partial charge in [0.05, 0.1) is 6.54 Å². The van der Waals surface area contributed by atoms with Crippen molar-refractivity contribution in [2.24, 2.45) is 0 Å². The van der Waals surface area contributed by atoms with Crippen molar-refractivity contribution < 1.29 is 9.53 Å². The molecule has 19 heavy (non-hydrogen) atoms. The number of hydrogen-bond acceptors (Lipinski definition) is 5. The molecule has 6 nitrogen and oxygen atoms in total. The highest BCUT2D eigenvalue weighted by atomic mass is 16.6. The number of nitrogens with one attached hydrogen (secondary N) is 1. The van der Waals surface area contributed by atoms with Crippen molar-refractivity contribution in [1.82, 2.24) is 15.3 Å². The van der Waals surface area contributed by atoms with E-state index in [2.05, 4.69) is 22.2 Å². The third kappa shape index (κ3) is 2.68. The lowest BCUT2D eigenvalue weighted by Crippen LogP contribution is -2.30. The van der Waals surface area contributed by atoms with Crippen molar-refractivity contribution in [1.29, 1.82) is 0 Å². The molecule has 1 aliphatic heterocycles. The number of cyclic esters (lactones) is 1. The first-order valence-electron chi connectivity index (χ1n) is 6.53. The second-order valence-electron chi connectivity index (χ2n) is 4.70. The lowest BCUT2D eigenvalue weighted by Gasteiger charge is -2.14. The third-order valence-corrected chi connectivity index (χ3v) is 3.31. The Balaban J connectivity index is 2.25. The van der Waals surface area contributed by atoms with E-state index in [0.717, 1.165) is 23.4 Å². The Hall–Kier alpha value is -1.69. The van der Waals surface area contributed by atoms with Crippen LogP contribution in [-0.4, -0.2) is 42.3 Å². The number of carbonyl (C=O) groups excluding carboxylic acids is 1. The van der Waals surface area contributed by atoms with E-state index in [0.29, 0.717) is 19.0 Å². The largest absolute Gasteiger partial charge is 0.443 e. The lowest BCUT2D eigenvalue weighted by atomic mass is 10.1. The van der Waals surface area contributed by atoms with Crippen molar-refractivity contribution in [3.63, 3.8) is 0 Å². The molecule has 0 aromatic carbocycles. The van der Waals surface area contributed by atoms with Gasteiger partial charge >= 0.3 is 6.09 Å². The minimum Gasteiger partial charge on any atom is -0.443 e. The quantitative estimate of drug-likeness (QED) is 0.885. The normalized spacial score (nSPS) is 18.8. The van der Waals surface area contributed by atoms with Crippen LogP contribution < -0.4 is 10.2 Å². The zero-order chi connectivity index (χ0) is 14.0. The average Bonchev–Trinajstić information content (AvgIpc) is 2.70. The van der Waals surface area contributed by atoms with Crippen LogP contribution >= 0.6 is 0 Å². The fourth-order valence-electron chi connectivity index (χ4n) is 2.37. The summed E-state index contributed by atoms with van der Waals surface area (Å²) in [6.45, 7) is 7.09. The van der Waals surface area contributed by atoms with Crippen LogP contribution in [0.4, 0.5) is 10.7 Å². The summed E-state index contributed by atoms with van der Waals surface area (Å²) in [5, 5.41) is 3.00. The molecule has 1 aromatic rings. The molecule has 104 valence electrons. The van der Waals surface area contributed by atoms with Crippen LogP contribution in [0, 0.1) is 13.8 Å². The Morgan fingerprint density at radius 1 is 1.37 bits per heavy atom. The first-order chi connectivity index (χ1) is 9.06. The van der Waals surface area contributed by atoms with Crippen LogP contribution in [0.2, 0.25) is 0 Å². The highest BCUT2D eigenvalue weighted by molar-refractivity contribution is 5.87. The maximum absolute atomic E-state index is 11.8. The van der Waals surface area contributed by atoms with E-state index in [4.69, 9.17) is 4.74 Å². The number of aryl methyl sites for hydroxylation is 2. The van der Waals surface area contributed by atoms with Gasteiger partial charge in [-0.15, -0.1) is 0 Å². The minimum absolute atomic E-state index is 0.146. The molecule has 0 bridgehead atoms. The summed E-state index contributed by atoms with van der Waals surface area (Å²) in [6, 6.07) is 0. The molecule has 0 spiro atoms. The molecule has 1 saturated heterocycles. The van der Waals surface area contributed by atoms with Crippen LogP contribution in [0.5, 0.6) is 0 Å². The summed E-state index contributed by atoms with van der Waals surface area (Å²) in [7, 11) is 1.83. The van der Waals surface area contributed by atoms with E-state index in [-0.39, 0.29) is 12.2 Å². The zero-order valence-electron chi connectivity index (χ0n) is 11.9. The number of anilines is 1. The molecule has 1 N–H and O–H groups in total. The van der Waals surface area contributed by atoms with Crippen molar-refractivity contribution >= 4 is 12.0 Å². The Bertz CT molecular complexity index is 467. The van der Waals surface area contributed by atoms with Gasteiger partial charge in [0.25, 0.3) is 0 Å². The van der Waals surface area contributed by atoms with Crippen LogP contribution in [0.3, 0.4) is 0 Å². The predicted octanol–water partition coefficient (Wildman–Crippen LogP) is 1.20. The SMILES string of the molecule is CCc1c(C)nc(N2C[C@H](CNC)OC2=O)nc1C. The molecule has 6 heteroatoms. The third-order valence-electron chi connectivity index (χ3n) is 3.31. The van der Waals surface area contributed by atoms with Gasteiger partial charge in [-0.2, -0.15) is 0 Å². The second-order valence-corrected chi connectivity index (χ2v) is 4.70. The average molecular weight is 264 g/mol. The summed E-state index contributed by atoms with van der Waals surface area (Å²) < 4.78 is 5.25. The van der Waals surface area contributed by atoms with E-state index in [1.165, 1.54) is 4.90 Å². The maximum Gasteiger partial charge on any atom is 0.417 e. The topological polar surface area (TPSA) is 67.3 Å². The molecular weight excluding hydrogens is 244 g/mol. The fourth-order valence-corrected chi connectivity index (χ4v) is 2.37. The van der Waals surface area contributed by atoms with Crippen LogP contribution in [0.25, 0.3) is 0 Å². The molecular formula is C13H20N4O2. The Morgan fingerprint density at radius 3 is 2.53 bits per heavy atom. The molecule has 0 unspecified atom stereocenters. The molecule has 1 amide bonds. The summed E-state index contributed by atoms with van der Waals surface area (Å²) >= 11 is 0. The smallest absolute Gasteiger partial charge is 0.417 e. The first-order valence-corrected chi connectivity index (χ1v) is 6.53. The van der Waals surface area contributed by atoms with Gasteiger partial charge < -0.3 is 10.1 Å². The van der Waals surface area contributed by atoms with Crippen LogP contribution in [0.1, 0.15) is 23.9 Å². The van der Waals surface area contributed by atoms with E-state index in [1.807, 2.05) is 20.9 Å². The van der Waals surface area contributed by atoms with Crippen molar-refractivity contribution in [2.45, 2.75) is 33.3 Å². The number of hydrogen-bond donors (Lipinski definition) is 1. The minimum atomic E-state index is -0.372. The van der Waals surface area contributed by atoms with Gasteiger partial charge in [-0.3, -0.25) is 0 Å². The Kier molecular flexibility index (Phi) is 3.99. The van der Waals surface area contributed by atoms with Gasteiger partial charge in [-0.1, -0.05) is 6.92 Å². The number of ether oxygens (including phenoxy) is 1. The monoisotopic (exact) mass is 264 g/mol. The highest BCUT2D eigenvalue weighted by Gasteiger charge is 2.33. The molecule has 0 saturated carbocycles. The molecule has 0 aliphatic carbocycles. The number of carbonyl (C=O) groups is 1. The standard InChI is InChI=1S/C13H20N4O2/c1-5-11-8(2)15-12(16-9(11)3)17-7-10(6-14-4)19-13(17)18/h10,14H,5-7H2,1-4H3/t10-/m0/s1. The first kappa shape index (κ1) is 13.7. The van der Waals surface area contributed by atoms with E-state index in [1.54, 1.807) is 0 Å². The summed E-state index contributed by atoms with van der Waals surface area (Å²) in [6.07, 6.45) is 0.376. The van der Waals surface area contributed by atoms with Gasteiger partial charge in [-0.05, 0) is 32.9 Å². The van der Waals surface area contributed by atoms with Crippen molar-refractivity contribution in [3.05, 3.63) is 17.0 Å². The fraction of sp³-hybridized carbons (Fsp3) is 0.615. The van der Waals surface area contributed by atoms with Crippen molar-refractivity contribution in [3.8, 4) is 0 Å². The van der Waals surface area contributed by atoms with Crippen molar-refractivity contribution in [2.75, 3.05) is 25.0 Å².